The molecule has 0 aliphatic heterocycles. The average Bonchev–Trinajstić information content (AvgIpc) is 3.19. The molecule has 2 amide bonds. The van der Waals surface area contributed by atoms with Crippen molar-refractivity contribution in [2.45, 2.75) is 26.2 Å². The molecule has 21 heavy (non-hydrogen) atoms. The Labute approximate surface area is 126 Å². The van der Waals surface area contributed by atoms with Gasteiger partial charge in [0.25, 0.3) is 5.91 Å². The number of carbonyl (C=O) groups is 3. The molecule has 0 aromatic carbocycles. The number of thiophene rings is 1. The Morgan fingerprint density at radius 2 is 2.10 bits per heavy atom. The molecule has 2 rings (SSSR count). The maximum atomic E-state index is 11.9. The van der Waals surface area contributed by atoms with Crippen LogP contribution in [0, 0.1) is 11.8 Å². The summed E-state index contributed by atoms with van der Waals surface area (Å²) in [5.74, 6) is -1.69. The molecule has 0 radical (unpaired) electrons. The number of carboxylic acids is 1. The first kappa shape index (κ1) is 15.5. The standard InChI is InChI=1S/C14H18N2O4S/c1-2-8(14(19)20)7-15-13(18)10-5-6-11(21-10)16-12(17)9-3-4-9/h5-6,8-9H,2-4,7H2,1H3,(H,15,18)(H,16,17)(H,19,20). The fraction of sp³-hybridized carbons (Fsp3) is 0.500. The minimum Gasteiger partial charge on any atom is -0.481 e. The zero-order valence-corrected chi connectivity index (χ0v) is 12.5. The van der Waals surface area contributed by atoms with E-state index in [0.29, 0.717) is 16.3 Å². The summed E-state index contributed by atoms with van der Waals surface area (Å²) < 4.78 is 0. The number of carbonyl (C=O) groups excluding carboxylic acids is 2. The highest BCUT2D eigenvalue weighted by atomic mass is 32.1. The maximum Gasteiger partial charge on any atom is 0.308 e. The SMILES string of the molecule is CCC(CNC(=O)c1ccc(NC(=O)C2CC2)s1)C(=O)O. The Bertz CT molecular complexity index is 551. The van der Waals surface area contributed by atoms with Crippen molar-refractivity contribution in [3.8, 4) is 0 Å². The van der Waals surface area contributed by atoms with Crippen LogP contribution in [0.1, 0.15) is 35.9 Å². The highest BCUT2D eigenvalue weighted by Gasteiger charge is 2.29. The molecule has 3 N–H and O–H groups in total. The number of nitrogens with one attached hydrogen (secondary N) is 2. The molecule has 1 aliphatic rings. The highest BCUT2D eigenvalue weighted by Crippen LogP contribution is 2.31. The van der Waals surface area contributed by atoms with Gasteiger partial charge in [0.05, 0.1) is 15.8 Å². The van der Waals surface area contributed by atoms with E-state index in [1.54, 1.807) is 19.1 Å². The summed E-state index contributed by atoms with van der Waals surface area (Å²) in [5, 5.41) is 15.0. The molecule has 0 bridgehead atoms. The lowest BCUT2D eigenvalue weighted by Crippen LogP contribution is -2.32. The second kappa shape index (κ2) is 6.71. The van der Waals surface area contributed by atoms with E-state index in [2.05, 4.69) is 10.6 Å². The van der Waals surface area contributed by atoms with Crippen LogP contribution < -0.4 is 10.6 Å². The van der Waals surface area contributed by atoms with Crippen LogP contribution in [-0.4, -0.2) is 29.4 Å². The topological polar surface area (TPSA) is 95.5 Å². The van der Waals surface area contributed by atoms with Gasteiger partial charge in [-0.2, -0.15) is 0 Å². The monoisotopic (exact) mass is 310 g/mol. The van der Waals surface area contributed by atoms with Gasteiger partial charge < -0.3 is 15.7 Å². The van der Waals surface area contributed by atoms with E-state index >= 15 is 0 Å². The Kier molecular flexibility index (Phi) is 4.95. The van der Waals surface area contributed by atoms with Gasteiger partial charge in [0.15, 0.2) is 0 Å². The van der Waals surface area contributed by atoms with Crippen molar-refractivity contribution in [3.63, 3.8) is 0 Å². The molecule has 1 aromatic rings. The van der Waals surface area contributed by atoms with Gasteiger partial charge in [-0.25, -0.2) is 0 Å². The van der Waals surface area contributed by atoms with Crippen molar-refractivity contribution in [2.75, 3.05) is 11.9 Å². The minimum atomic E-state index is -0.915. The van der Waals surface area contributed by atoms with Gasteiger partial charge in [0.2, 0.25) is 5.91 Å². The summed E-state index contributed by atoms with van der Waals surface area (Å²) in [7, 11) is 0. The Morgan fingerprint density at radius 3 is 2.67 bits per heavy atom. The summed E-state index contributed by atoms with van der Waals surface area (Å²) in [6.07, 6.45) is 2.32. The molecule has 114 valence electrons. The second-order valence-electron chi connectivity index (χ2n) is 5.08. The first-order valence-corrected chi connectivity index (χ1v) is 7.74. The molecule has 1 heterocycles. The molecule has 1 aliphatic carbocycles. The molecule has 6 nitrogen and oxygen atoms in total. The van der Waals surface area contributed by atoms with Crippen molar-refractivity contribution >= 4 is 34.1 Å². The third kappa shape index (κ3) is 4.29. The fourth-order valence-corrected chi connectivity index (χ4v) is 2.63. The van der Waals surface area contributed by atoms with Gasteiger partial charge in [-0.1, -0.05) is 6.92 Å². The van der Waals surface area contributed by atoms with Crippen LogP contribution in [0.5, 0.6) is 0 Å². The number of aliphatic carboxylic acids is 1. The van der Waals surface area contributed by atoms with Crippen LogP contribution in [-0.2, 0) is 9.59 Å². The molecule has 0 spiro atoms. The number of rotatable bonds is 7. The molecule has 1 aromatic heterocycles. The van der Waals surface area contributed by atoms with E-state index in [-0.39, 0.29) is 24.3 Å². The number of anilines is 1. The third-order valence-corrected chi connectivity index (χ3v) is 4.37. The van der Waals surface area contributed by atoms with Gasteiger partial charge >= 0.3 is 5.97 Å². The number of hydrogen-bond donors (Lipinski definition) is 3. The summed E-state index contributed by atoms with van der Waals surface area (Å²) in [4.78, 5) is 34.9. The van der Waals surface area contributed by atoms with E-state index in [1.165, 1.54) is 11.3 Å². The molecule has 1 unspecified atom stereocenters. The molecule has 1 fully saturated rings. The first-order chi connectivity index (χ1) is 10.0. The number of amides is 2. The van der Waals surface area contributed by atoms with E-state index in [1.807, 2.05) is 0 Å². The predicted molar refractivity (Wildman–Crippen MR) is 79.4 cm³/mol. The van der Waals surface area contributed by atoms with Crippen LogP contribution >= 0.6 is 11.3 Å². The van der Waals surface area contributed by atoms with Crippen molar-refractivity contribution < 1.29 is 19.5 Å². The van der Waals surface area contributed by atoms with Crippen LogP contribution in [0.3, 0.4) is 0 Å². The van der Waals surface area contributed by atoms with Crippen molar-refractivity contribution in [1.82, 2.24) is 5.32 Å². The molecule has 1 atom stereocenters. The van der Waals surface area contributed by atoms with Crippen LogP contribution in [0.15, 0.2) is 12.1 Å². The Balaban J connectivity index is 1.86. The highest BCUT2D eigenvalue weighted by molar-refractivity contribution is 7.18. The molecule has 1 saturated carbocycles. The lowest BCUT2D eigenvalue weighted by atomic mass is 10.1. The molecule has 7 heteroatoms. The Hall–Kier alpha value is -1.89. The minimum absolute atomic E-state index is 0.000678. The van der Waals surface area contributed by atoms with Crippen molar-refractivity contribution in [1.29, 1.82) is 0 Å². The fourth-order valence-electron chi connectivity index (χ4n) is 1.81. The van der Waals surface area contributed by atoms with E-state index in [0.717, 1.165) is 12.8 Å². The largest absolute Gasteiger partial charge is 0.481 e. The second-order valence-corrected chi connectivity index (χ2v) is 6.16. The summed E-state index contributed by atoms with van der Waals surface area (Å²) in [6, 6.07) is 3.32. The average molecular weight is 310 g/mol. The van der Waals surface area contributed by atoms with E-state index in [4.69, 9.17) is 5.11 Å². The van der Waals surface area contributed by atoms with Crippen LogP contribution in [0.25, 0.3) is 0 Å². The van der Waals surface area contributed by atoms with Crippen molar-refractivity contribution in [3.05, 3.63) is 17.0 Å². The number of carboxylic acid groups (broad SMARTS) is 1. The first-order valence-electron chi connectivity index (χ1n) is 6.93. The van der Waals surface area contributed by atoms with Gasteiger partial charge in [0, 0.05) is 12.5 Å². The van der Waals surface area contributed by atoms with E-state index in [9.17, 15) is 14.4 Å². The van der Waals surface area contributed by atoms with Crippen LogP contribution in [0.4, 0.5) is 5.00 Å². The summed E-state index contributed by atoms with van der Waals surface area (Å²) in [6.45, 7) is 1.87. The Morgan fingerprint density at radius 1 is 1.38 bits per heavy atom. The van der Waals surface area contributed by atoms with Gasteiger partial charge in [-0.3, -0.25) is 14.4 Å². The van der Waals surface area contributed by atoms with Crippen LogP contribution in [0.2, 0.25) is 0 Å². The molecular weight excluding hydrogens is 292 g/mol. The normalized spacial score (nSPS) is 15.3. The lowest BCUT2D eigenvalue weighted by molar-refractivity contribution is -0.141. The summed E-state index contributed by atoms with van der Waals surface area (Å²) in [5.41, 5.74) is 0. The van der Waals surface area contributed by atoms with Crippen molar-refractivity contribution in [2.24, 2.45) is 11.8 Å². The quantitative estimate of drug-likeness (QED) is 0.717. The lowest BCUT2D eigenvalue weighted by Gasteiger charge is -2.10. The maximum absolute atomic E-state index is 11.9. The molecule has 0 saturated heterocycles. The van der Waals surface area contributed by atoms with Gasteiger partial charge in [-0.15, -0.1) is 11.3 Å². The van der Waals surface area contributed by atoms with Gasteiger partial charge in [-0.05, 0) is 31.4 Å². The predicted octanol–water partition coefficient (Wildman–Crippen LogP) is 1.94. The zero-order chi connectivity index (χ0) is 15.4. The third-order valence-electron chi connectivity index (χ3n) is 3.38. The summed E-state index contributed by atoms with van der Waals surface area (Å²) >= 11 is 1.19. The number of hydrogen-bond acceptors (Lipinski definition) is 4. The van der Waals surface area contributed by atoms with Gasteiger partial charge in [0.1, 0.15) is 0 Å². The van der Waals surface area contributed by atoms with E-state index < -0.39 is 11.9 Å². The smallest absolute Gasteiger partial charge is 0.308 e. The molecular formula is C14H18N2O4S. The zero-order valence-electron chi connectivity index (χ0n) is 11.7.